The topological polar surface area (TPSA) is 78.2 Å². The highest BCUT2D eigenvalue weighted by atomic mass is 19.1. The van der Waals surface area contributed by atoms with Crippen molar-refractivity contribution in [1.29, 1.82) is 0 Å². The number of methoxy groups -OCH3 is 1. The zero-order valence-corrected chi connectivity index (χ0v) is 13.3. The third-order valence-electron chi connectivity index (χ3n) is 3.53. The van der Waals surface area contributed by atoms with Gasteiger partial charge < -0.3 is 14.6 Å². The molecule has 3 rings (SSSR count). The Balaban J connectivity index is 2.00. The van der Waals surface area contributed by atoms with Gasteiger partial charge in [-0.25, -0.2) is 9.07 Å². The van der Waals surface area contributed by atoms with Gasteiger partial charge in [0, 0.05) is 12.4 Å². The first-order valence-corrected chi connectivity index (χ1v) is 7.42. The predicted molar refractivity (Wildman–Crippen MR) is 87.2 cm³/mol. The number of nitrogens with zero attached hydrogens (tertiary/aromatic N) is 3. The van der Waals surface area contributed by atoms with Gasteiger partial charge in [0.05, 0.1) is 19.0 Å². The van der Waals surface area contributed by atoms with Crippen LogP contribution >= 0.6 is 0 Å². The lowest BCUT2D eigenvalue weighted by atomic mass is 10.2. The van der Waals surface area contributed by atoms with Crippen molar-refractivity contribution in [3.05, 3.63) is 66.4 Å². The van der Waals surface area contributed by atoms with Gasteiger partial charge in [-0.15, -0.1) is 0 Å². The smallest absolute Gasteiger partial charge is 0.325 e. The molecule has 7 nitrogen and oxygen atoms in total. The van der Waals surface area contributed by atoms with E-state index in [0.717, 1.165) is 0 Å². The molecule has 0 aliphatic rings. The first-order valence-electron chi connectivity index (χ1n) is 7.42. The number of carbonyl (C=O) groups is 2. The van der Waals surface area contributed by atoms with Crippen LogP contribution in [-0.4, -0.2) is 39.9 Å². The molecule has 128 valence electrons. The quantitative estimate of drug-likeness (QED) is 0.716. The maximum absolute atomic E-state index is 13.2. The van der Waals surface area contributed by atoms with Crippen molar-refractivity contribution < 1.29 is 18.7 Å². The Morgan fingerprint density at radius 3 is 2.52 bits per heavy atom. The SMILES string of the molecule is COC(=O)CNC(=O)c1cnn(-c2ccc(F)cc2)c1-n1cccc1. The first kappa shape index (κ1) is 16.4. The van der Waals surface area contributed by atoms with Gasteiger partial charge in [0.25, 0.3) is 5.91 Å². The lowest BCUT2D eigenvalue weighted by molar-refractivity contribution is -0.139. The van der Waals surface area contributed by atoms with Crippen LogP contribution < -0.4 is 5.32 Å². The van der Waals surface area contributed by atoms with Crippen LogP contribution in [-0.2, 0) is 9.53 Å². The van der Waals surface area contributed by atoms with Gasteiger partial charge in [-0.3, -0.25) is 9.59 Å². The summed E-state index contributed by atoms with van der Waals surface area (Å²) in [5.74, 6) is -0.919. The van der Waals surface area contributed by atoms with E-state index in [1.807, 2.05) is 0 Å². The van der Waals surface area contributed by atoms with E-state index in [1.54, 1.807) is 41.2 Å². The first-order chi connectivity index (χ1) is 12.1. The Morgan fingerprint density at radius 2 is 1.88 bits per heavy atom. The van der Waals surface area contributed by atoms with Crippen LogP contribution in [0.15, 0.2) is 55.0 Å². The summed E-state index contributed by atoms with van der Waals surface area (Å²) >= 11 is 0. The minimum atomic E-state index is -0.554. The van der Waals surface area contributed by atoms with Gasteiger partial charge in [-0.1, -0.05) is 0 Å². The molecular weight excluding hydrogens is 327 g/mol. The van der Waals surface area contributed by atoms with Gasteiger partial charge in [0.15, 0.2) is 5.82 Å². The van der Waals surface area contributed by atoms with E-state index >= 15 is 0 Å². The largest absolute Gasteiger partial charge is 0.468 e. The van der Waals surface area contributed by atoms with Crippen molar-refractivity contribution in [2.45, 2.75) is 0 Å². The molecule has 1 aromatic carbocycles. The molecule has 3 aromatic rings. The summed E-state index contributed by atoms with van der Waals surface area (Å²) in [5, 5.41) is 6.72. The van der Waals surface area contributed by atoms with Crippen molar-refractivity contribution in [2.75, 3.05) is 13.7 Å². The molecule has 1 N–H and O–H groups in total. The van der Waals surface area contributed by atoms with E-state index in [-0.39, 0.29) is 17.9 Å². The van der Waals surface area contributed by atoms with Crippen molar-refractivity contribution in [3.8, 4) is 11.5 Å². The van der Waals surface area contributed by atoms with E-state index in [2.05, 4.69) is 15.2 Å². The number of carbonyl (C=O) groups excluding carboxylic acids is 2. The van der Waals surface area contributed by atoms with E-state index in [1.165, 1.54) is 30.1 Å². The maximum Gasteiger partial charge on any atom is 0.325 e. The average Bonchev–Trinajstić information content (AvgIpc) is 3.29. The van der Waals surface area contributed by atoms with Crippen molar-refractivity contribution in [1.82, 2.24) is 19.7 Å². The highest BCUT2D eigenvalue weighted by Gasteiger charge is 2.20. The molecule has 0 saturated carbocycles. The second-order valence-corrected chi connectivity index (χ2v) is 5.12. The number of aromatic nitrogens is 3. The lowest BCUT2D eigenvalue weighted by Crippen LogP contribution is -2.30. The molecule has 0 aliphatic heterocycles. The van der Waals surface area contributed by atoms with E-state index in [4.69, 9.17) is 0 Å². The van der Waals surface area contributed by atoms with Gasteiger partial charge in [0.1, 0.15) is 17.9 Å². The third-order valence-corrected chi connectivity index (χ3v) is 3.53. The summed E-state index contributed by atoms with van der Waals surface area (Å²) < 4.78 is 20.9. The van der Waals surface area contributed by atoms with Crippen LogP contribution in [0.1, 0.15) is 10.4 Å². The van der Waals surface area contributed by atoms with Crippen molar-refractivity contribution >= 4 is 11.9 Å². The number of amides is 1. The van der Waals surface area contributed by atoms with Gasteiger partial charge in [0.2, 0.25) is 0 Å². The summed E-state index contributed by atoms with van der Waals surface area (Å²) in [5.41, 5.74) is 0.863. The van der Waals surface area contributed by atoms with Crippen LogP contribution in [0, 0.1) is 5.82 Å². The lowest BCUT2D eigenvalue weighted by Gasteiger charge is -2.11. The Morgan fingerprint density at radius 1 is 1.20 bits per heavy atom. The molecule has 0 spiro atoms. The number of hydrogen-bond acceptors (Lipinski definition) is 4. The summed E-state index contributed by atoms with van der Waals surface area (Å²) in [7, 11) is 1.24. The van der Waals surface area contributed by atoms with Gasteiger partial charge in [-0.2, -0.15) is 5.10 Å². The molecule has 0 bridgehead atoms. The highest BCUT2D eigenvalue weighted by Crippen LogP contribution is 2.20. The maximum atomic E-state index is 13.2. The van der Waals surface area contributed by atoms with Crippen molar-refractivity contribution in [3.63, 3.8) is 0 Å². The molecule has 0 unspecified atom stereocenters. The highest BCUT2D eigenvalue weighted by molar-refractivity contribution is 5.98. The molecule has 8 heteroatoms. The zero-order chi connectivity index (χ0) is 17.8. The van der Waals surface area contributed by atoms with E-state index in [9.17, 15) is 14.0 Å². The monoisotopic (exact) mass is 342 g/mol. The third kappa shape index (κ3) is 3.42. The normalized spacial score (nSPS) is 10.5. The molecule has 2 heterocycles. The molecule has 0 fully saturated rings. The molecule has 0 radical (unpaired) electrons. The average molecular weight is 342 g/mol. The number of nitrogens with one attached hydrogen (secondary N) is 1. The van der Waals surface area contributed by atoms with Crippen molar-refractivity contribution in [2.24, 2.45) is 0 Å². The Labute approximate surface area is 142 Å². The fourth-order valence-electron chi connectivity index (χ4n) is 2.32. The molecule has 0 atom stereocenters. The predicted octanol–water partition coefficient (Wildman–Crippen LogP) is 1.70. The Bertz CT molecular complexity index is 885. The minimum absolute atomic E-state index is 0.248. The molecule has 2 aromatic heterocycles. The fraction of sp³-hybridized carbons (Fsp3) is 0.118. The van der Waals surface area contributed by atoms with Crippen LogP contribution in [0.4, 0.5) is 4.39 Å². The van der Waals surface area contributed by atoms with Gasteiger partial charge in [-0.05, 0) is 36.4 Å². The van der Waals surface area contributed by atoms with Crippen LogP contribution in [0.3, 0.4) is 0 Å². The van der Waals surface area contributed by atoms with Crippen LogP contribution in [0.25, 0.3) is 11.5 Å². The second kappa shape index (κ2) is 7.00. The van der Waals surface area contributed by atoms with Crippen LogP contribution in [0.2, 0.25) is 0 Å². The minimum Gasteiger partial charge on any atom is -0.468 e. The summed E-state index contributed by atoms with van der Waals surface area (Å²) in [4.78, 5) is 23.7. The molecule has 0 saturated heterocycles. The summed E-state index contributed by atoms with van der Waals surface area (Å²) in [6.45, 7) is -0.248. The van der Waals surface area contributed by atoms with E-state index in [0.29, 0.717) is 11.5 Å². The van der Waals surface area contributed by atoms with E-state index < -0.39 is 11.9 Å². The Hall–Kier alpha value is -3.42. The second-order valence-electron chi connectivity index (χ2n) is 5.12. The standard InChI is InChI=1S/C17H15FN4O3/c1-25-15(23)11-19-16(24)14-10-20-22(13-6-4-12(18)5-7-13)17(14)21-8-2-3-9-21/h2-10H,11H2,1H3,(H,19,24). The number of benzene rings is 1. The van der Waals surface area contributed by atoms with Crippen LogP contribution in [0.5, 0.6) is 0 Å². The number of halogens is 1. The van der Waals surface area contributed by atoms with Gasteiger partial charge >= 0.3 is 5.97 Å². The molecule has 25 heavy (non-hydrogen) atoms. The fourth-order valence-corrected chi connectivity index (χ4v) is 2.32. The summed E-state index contributed by atoms with van der Waals surface area (Å²) in [6, 6.07) is 9.36. The number of ether oxygens (including phenoxy) is 1. The molecule has 0 aliphatic carbocycles. The number of esters is 1. The number of hydrogen-bond donors (Lipinski definition) is 1. The molecular formula is C17H15FN4O3. The molecule has 1 amide bonds. The summed E-state index contributed by atoms with van der Waals surface area (Å²) in [6.07, 6.45) is 4.91. The number of rotatable bonds is 5. The Kier molecular flexibility index (Phi) is 4.60. The zero-order valence-electron chi connectivity index (χ0n) is 13.3.